The number of hydrogen-bond donors (Lipinski definition) is 2. The van der Waals surface area contributed by atoms with Crippen LogP contribution in [0.5, 0.6) is 0 Å². The van der Waals surface area contributed by atoms with E-state index in [1.165, 1.54) is 6.42 Å². The van der Waals surface area contributed by atoms with Gasteiger partial charge in [0, 0.05) is 24.3 Å². The SMILES string of the molecule is CC(O)c1ccccc1NC(=O)CCC1CCCCO1. The Morgan fingerprint density at radius 1 is 1.45 bits per heavy atom. The quantitative estimate of drug-likeness (QED) is 0.869. The van der Waals surface area contributed by atoms with E-state index in [0.717, 1.165) is 31.4 Å². The molecule has 110 valence electrons. The van der Waals surface area contributed by atoms with Crippen LogP contribution in [0.15, 0.2) is 24.3 Å². The smallest absolute Gasteiger partial charge is 0.224 e. The summed E-state index contributed by atoms with van der Waals surface area (Å²) < 4.78 is 5.62. The van der Waals surface area contributed by atoms with Gasteiger partial charge in [0.1, 0.15) is 0 Å². The van der Waals surface area contributed by atoms with Crippen LogP contribution in [-0.4, -0.2) is 23.7 Å². The molecule has 1 aromatic carbocycles. The average Bonchev–Trinajstić information content (AvgIpc) is 2.46. The zero-order chi connectivity index (χ0) is 14.4. The fourth-order valence-corrected chi connectivity index (χ4v) is 2.52. The van der Waals surface area contributed by atoms with Gasteiger partial charge in [0.15, 0.2) is 0 Å². The molecular formula is C16H23NO3. The number of benzene rings is 1. The summed E-state index contributed by atoms with van der Waals surface area (Å²) in [7, 11) is 0. The first-order valence-electron chi connectivity index (χ1n) is 7.35. The summed E-state index contributed by atoms with van der Waals surface area (Å²) in [5, 5.41) is 12.6. The van der Waals surface area contributed by atoms with E-state index in [9.17, 15) is 9.90 Å². The van der Waals surface area contributed by atoms with Gasteiger partial charge in [-0.3, -0.25) is 4.79 Å². The third-order valence-corrected chi connectivity index (χ3v) is 3.65. The van der Waals surface area contributed by atoms with E-state index in [2.05, 4.69) is 5.32 Å². The molecule has 1 heterocycles. The van der Waals surface area contributed by atoms with Crippen molar-refractivity contribution in [2.45, 2.75) is 51.2 Å². The Morgan fingerprint density at radius 2 is 2.25 bits per heavy atom. The highest BCUT2D eigenvalue weighted by atomic mass is 16.5. The van der Waals surface area contributed by atoms with Crippen LogP contribution in [0.2, 0.25) is 0 Å². The summed E-state index contributed by atoms with van der Waals surface area (Å²) in [4.78, 5) is 12.0. The van der Waals surface area contributed by atoms with Gasteiger partial charge in [-0.25, -0.2) is 0 Å². The summed E-state index contributed by atoms with van der Waals surface area (Å²) in [6.07, 6.45) is 4.23. The Kier molecular flexibility index (Phi) is 5.56. The Bertz CT molecular complexity index is 439. The molecule has 1 aromatic rings. The van der Waals surface area contributed by atoms with Crippen LogP contribution in [0.3, 0.4) is 0 Å². The van der Waals surface area contributed by atoms with Crippen molar-refractivity contribution in [3.63, 3.8) is 0 Å². The predicted octanol–water partition coefficient (Wildman–Crippen LogP) is 3.03. The van der Waals surface area contributed by atoms with Crippen molar-refractivity contribution in [1.29, 1.82) is 0 Å². The third kappa shape index (κ3) is 4.32. The first kappa shape index (κ1) is 15.0. The Balaban J connectivity index is 1.85. The van der Waals surface area contributed by atoms with E-state index in [0.29, 0.717) is 12.1 Å². The Labute approximate surface area is 120 Å². The van der Waals surface area contributed by atoms with Gasteiger partial charge in [-0.15, -0.1) is 0 Å². The van der Waals surface area contributed by atoms with Crippen molar-refractivity contribution in [2.24, 2.45) is 0 Å². The molecule has 0 radical (unpaired) electrons. The Morgan fingerprint density at radius 3 is 2.95 bits per heavy atom. The lowest BCUT2D eigenvalue weighted by Gasteiger charge is -2.22. The van der Waals surface area contributed by atoms with E-state index in [1.54, 1.807) is 6.92 Å². The summed E-state index contributed by atoms with van der Waals surface area (Å²) in [6.45, 7) is 2.51. The molecule has 0 aliphatic carbocycles. The fraction of sp³-hybridized carbons (Fsp3) is 0.562. The monoisotopic (exact) mass is 277 g/mol. The number of anilines is 1. The molecule has 1 amide bonds. The number of aliphatic hydroxyl groups is 1. The van der Waals surface area contributed by atoms with E-state index in [-0.39, 0.29) is 12.0 Å². The fourth-order valence-electron chi connectivity index (χ4n) is 2.52. The normalized spacial score (nSPS) is 20.4. The van der Waals surface area contributed by atoms with Crippen molar-refractivity contribution in [1.82, 2.24) is 0 Å². The number of ether oxygens (including phenoxy) is 1. The van der Waals surface area contributed by atoms with Crippen molar-refractivity contribution in [3.8, 4) is 0 Å². The van der Waals surface area contributed by atoms with Gasteiger partial charge in [-0.2, -0.15) is 0 Å². The lowest BCUT2D eigenvalue weighted by atomic mass is 10.0. The number of nitrogens with one attached hydrogen (secondary N) is 1. The molecule has 4 heteroatoms. The van der Waals surface area contributed by atoms with Gasteiger partial charge in [-0.1, -0.05) is 18.2 Å². The molecule has 2 N–H and O–H groups in total. The molecule has 2 rings (SSSR count). The van der Waals surface area contributed by atoms with Crippen LogP contribution in [0.4, 0.5) is 5.69 Å². The highest BCUT2D eigenvalue weighted by Crippen LogP contribution is 2.23. The van der Waals surface area contributed by atoms with E-state index < -0.39 is 6.10 Å². The summed E-state index contributed by atoms with van der Waals surface area (Å²) in [6, 6.07) is 7.35. The van der Waals surface area contributed by atoms with Crippen LogP contribution in [0.25, 0.3) is 0 Å². The maximum absolute atomic E-state index is 12.0. The van der Waals surface area contributed by atoms with Crippen LogP contribution >= 0.6 is 0 Å². The molecule has 2 atom stereocenters. The minimum atomic E-state index is -0.590. The van der Waals surface area contributed by atoms with Crippen molar-refractivity contribution >= 4 is 11.6 Å². The maximum atomic E-state index is 12.0. The van der Waals surface area contributed by atoms with Crippen molar-refractivity contribution in [2.75, 3.05) is 11.9 Å². The zero-order valence-electron chi connectivity index (χ0n) is 12.0. The van der Waals surface area contributed by atoms with Crippen molar-refractivity contribution in [3.05, 3.63) is 29.8 Å². The number of carbonyl (C=O) groups is 1. The first-order chi connectivity index (χ1) is 9.66. The van der Waals surface area contributed by atoms with Crippen LogP contribution < -0.4 is 5.32 Å². The second-order valence-corrected chi connectivity index (χ2v) is 5.34. The third-order valence-electron chi connectivity index (χ3n) is 3.65. The molecule has 1 aliphatic rings. The van der Waals surface area contributed by atoms with Gasteiger partial charge in [0.05, 0.1) is 12.2 Å². The van der Waals surface area contributed by atoms with Crippen LogP contribution in [0.1, 0.15) is 50.7 Å². The van der Waals surface area contributed by atoms with Crippen LogP contribution in [0, 0.1) is 0 Å². The minimum absolute atomic E-state index is 0.0210. The Hall–Kier alpha value is -1.39. The minimum Gasteiger partial charge on any atom is -0.389 e. The second-order valence-electron chi connectivity index (χ2n) is 5.34. The number of carbonyl (C=O) groups excluding carboxylic acids is 1. The number of rotatable bonds is 5. The molecule has 2 unspecified atom stereocenters. The van der Waals surface area contributed by atoms with Crippen LogP contribution in [-0.2, 0) is 9.53 Å². The number of amides is 1. The summed E-state index contributed by atoms with van der Waals surface area (Å²) in [5.41, 5.74) is 1.44. The number of hydrogen-bond acceptors (Lipinski definition) is 3. The molecule has 1 saturated heterocycles. The second kappa shape index (κ2) is 7.41. The van der Waals surface area contributed by atoms with Crippen molar-refractivity contribution < 1.29 is 14.6 Å². The van der Waals surface area contributed by atoms with Gasteiger partial charge in [-0.05, 0) is 38.7 Å². The molecule has 0 spiro atoms. The van der Waals surface area contributed by atoms with Gasteiger partial charge in [0.25, 0.3) is 0 Å². The van der Waals surface area contributed by atoms with Gasteiger partial charge < -0.3 is 15.2 Å². The van der Waals surface area contributed by atoms with E-state index in [4.69, 9.17) is 4.74 Å². The lowest BCUT2D eigenvalue weighted by Crippen LogP contribution is -2.22. The molecule has 20 heavy (non-hydrogen) atoms. The predicted molar refractivity (Wildman–Crippen MR) is 78.5 cm³/mol. The molecule has 1 aliphatic heterocycles. The van der Waals surface area contributed by atoms with Gasteiger partial charge in [0.2, 0.25) is 5.91 Å². The molecule has 4 nitrogen and oxygen atoms in total. The highest BCUT2D eigenvalue weighted by Gasteiger charge is 2.16. The number of aliphatic hydroxyl groups excluding tert-OH is 1. The standard InChI is InChI=1S/C16H23NO3/c1-12(18)14-7-2-3-8-15(14)17-16(19)10-9-13-6-4-5-11-20-13/h2-3,7-8,12-13,18H,4-6,9-11H2,1H3,(H,17,19). The molecule has 0 bridgehead atoms. The van der Waals surface area contributed by atoms with E-state index >= 15 is 0 Å². The summed E-state index contributed by atoms with van der Waals surface area (Å²) >= 11 is 0. The largest absolute Gasteiger partial charge is 0.389 e. The molecule has 1 fully saturated rings. The first-order valence-corrected chi connectivity index (χ1v) is 7.35. The zero-order valence-corrected chi connectivity index (χ0v) is 12.0. The lowest BCUT2D eigenvalue weighted by molar-refractivity contribution is -0.117. The van der Waals surface area contributed by atoms with E-state index in [1.807, 2.05) is 24.3 Å². The maximum Gasteiger partial charge on any atom is 0.224 e. The number of para-hydroxylation sites is 1. The average molecular weight is 277 g/mol. The molecule has 0 saturated carbocycles. The molecular weight excluding hydrogens is 254 g/mol. The summed E-state index contributed by atoms with van der Waals surface area (Å²) in [5.74, 6) is -0.0210. The highest BCUT2D eigenvalue weighted by molar-refractivity contribution is 5.91. The van der Waals surface area contributed by atoms with Gasteiger partial charge >= 0.3 is 0 Å². The molecule has 0 aromatic heterocycles. The topological polar surface area (TPSA) is 58.6 Å².